The molecule has 1 fully saturated rings. The van der Waals surface area contributed by atoms with Crippen LogP contribution in [0.5, 0.6) is 0 Å². The third kappa shape index (κ3) is 4.98. The Labute approximate surface area is 181 Å². The summed E-state index contributed by atoms with van der Waals surface area (Å²) in [6.45, 7) is 0. The predicted molar refractivity (Wildman–Crippen MR) is 119 cm³/mol. The van der Waals surface area contributed by atoms with Gasteiger partial charge in [-0.3, -0.25) is 4.79 Å². The number of hydrogen-bond acceptors (Lipinski definition) is 6. The number of rotatable bonds is 5. The molecule has 4 rings (SSSR count). The first-order chi connectivity index (χ1) is 15.1. The van der Waals surface area contributed by atoms with E-state index in [-0.39, 0.29) is 17.6 Å². The fraction of sp³-hybridized carbons (Fsp3) is 0.333. The van der Waals surface area contributed by atoms with Gasteiger partial charge in [-0.15, -0.1) is 0 Å². The number of carbonyl (C=O) groups is 1. The SMILES string of the molecule is N#Cc1cnc(C(=O)N[C@H]2CCCC[C@@H]2O)cc1Cc1ccc(N2C=CCC=N2)cc1. The third-order valence-electron chi connectivity index (χ3n) is 5.68. The third-order valence-corrected chi connectivity index (χ3v) is 5.68. The molecule has 0 radical (unpaired) electrons. The van der Waals surface area contributed by atoms with Crippen LogP contribution in [0.2, 0.25) is 0 Å². The number of carbonyl (C=O) groups excluding carboxylic acids is 1. The molecule has 2 aromatic rings. The molecule has 1 aromatic heterocycles. The predicted octanol–water partition coefficient (Wildman–Crippen LogP) is 3.29. The fourth-order valence-corrected chi connectivity index (χ4v) is 3.92. The number of allylic oxidation sites excluding steroid dienone is 1. The van der Waals surface area contributed by atoms with Crippen LogP contribution >= 0.6 is 0 Å². The molecule has 1 saturated carbocycles. The number of benzene rings is 1. The fourth-order valence-electron chi connectivity index (χ4n) is 3.92. The highest BCUT2D eigenvalue weighted by Crippen LogP contribution is 2.22. The van der Waals surface area contributed by atoms with Gasteiger partial charge in [0.1, 0.15) is 11.8 Å². The summed E-state index contributed by atoms with van der Waals surface area (Å²) in [6.07, 6.45) is 11.5. The minimum Gasteiger partial charge on any atom is -0.391 e. The highest BCUT2D eigenvalue weighted by molar-refractivity contribution is 5.92. The summed E-state index contributed by atoms with van der Waals surface area (Å²) in [6, 6.07) is 11.5. The van der Waals surface area contributed by atoms with Gasteiger partial charge in [0.25, 0.3) is 5.91 Å². The first-order valence-electron chi connectivity index (χ1n) is 10.6. The number of nitrogens with zero attached hydrogens (tertiary/aromatic N) is 4. The van der Waals surface area contributed by atoms with E-state index in [0.29, 0.717) is 18.4 Å². The van der Waals surface area contributed by atoms with Gasteiger partial charge in [0, 0.05) is 25.0 Å². The Morgan fingerprint density at radius 3 is 2.77 bits per heavy atom. The smallest absolute Gasteiger partial charge is 0.270 e. The van der Waals surface area contributed by atoms with E-state index in [1.165, 1.54) is 6.20 Å². The Hall–Kier alpha value is -3.50. The molecule has 2 atom stereocenters. The van der Waals surface area contributed by atoms with Crippen molar-refractivity contribution in [2.75, 3.05) is 5.01 Å². The van der Waals surface area contributed by atoms with Crippen molar-refractivity contribution >= 4 is 17.8 Å². The van der Waals surface area contributed by atoms with E-state index >= 15 is 0 Å². The molecule has 2 N–H and O–H groups in total. The van der Waals surface area contributed by atoms with Crippen LogP contribution in [-0.4, -0.2) is 34.4 Å². The molecular formula is C24H25N5O2. The summed E-state index contributed by atoms with van der Waals surface area (Å²) in [4.78, 5) is 16.9. The zero-order chi connectivity index (χ0) is 21.6. The number of nitriles is 1. The molecule has 1 aliphatic carbocycles. The summed E-state index contributed by atoms with van der Waals surface area (Å²) in [7, 11) is 0. The van der Waals surface area contributed by atoms with Crippen LogP contribution in [0, 0.1) is 11.3 Å². The molecule has 2 heterocycles. The second-order valence-electron chi connectivity index (χ2n) is 7.88. The highest BCUT2D eigenvalue weighted by Gasteiger charge is 2.25. The van der Waals surface area contributed by atoms with Crippen molar-refractivity contribution in [3.63, 3.8) is 0 Å². The van der Waals surface area contributed by atoms with Gasteiger partial charge in [-0.2, -0.15) is 10.4 Å². The van der Waals surface area contributed by atoms with Gasteiger partial charge >= 0.3 is 0 Å². The van der Waals surface area contributed by atoms with Crippen molar-refractivity contribution in [3.05, 3.63) is 71.2 Å². The van der Waals surface area contributed by atoms with E-state index < -0.39 is 6.10 Å². The maximum absolute atomic E-state index is 12.7. The Morgan fingerprint density at radius 1 is 1.26 bits per heavy atom. The van der Waals surface area contributed by atoms with Crippen molar-refractivity contribution in [1.82, 2.24) is 10.3 Å². The van der Waals surface area contributed by atoms with Crippen molar-refractivity contribution in [2.45, 2.75) is 50.7 Å². The molecule has 1 aromatic carbocycles. The monoisotopic (exact) mass is 415 g/mol. The highest BCUT2D eigenvalue weighted by atomic mass is 16.3. The lowest BCUT2D eigenvalue weighted by molar-refractivity contribution is 0.0713. The van der Waals surface area contributed by atoms with Crippen LogP contribution < -0.4 is 10.3 Å². The Morgan fingerprint density at radius 2 is 2.06 bits per heavy atom. The van der Waals surface area contributed by atoms with Crippen LogP contribution in [0.1, 0.15) is 59.3 Å². The maximum atomic E-state index is 12.7. The van der Waals surface area contributed by atoms with Gasteiger partial charge in [0.2, 0.25) is 0 Å². The molecule has 0 bridgehead atoms. The zero-order valence-electron chi connectivity index (χ0n) is 17.2. The number of anilines is 1. The van der Waals surface area contributed by atoms with E-state index in [9.17, 15) is 15.2 Å². The first-order valence-corrected chi connectivity index (χ1v) is 10.6. The Kier molecular flexibility index (Phi) is 6.39. The van der Waals surface area contributed by atoms with E-state index in [2.05, 4.69) is 21.5 Å². The topological polar surface area (TPSA) is 102 Å². The van der Waals surface area contributed by atoms with Gasteiger partial charge in [0.15, 0.2) is 0 Å². The summed E-state index contributed by atoms with van der Waals surface area (Å²) in [5.41, 5.74) is 3.43. The summed E-state index contributed by atoms with van der Waals surface area (Å²) in [5, 5.41) is 28.6. The molecule has 7 heteroatoms. The van der Waals surface area contributed by atoms with Crippen molar-refractivity contribution in [3.8, 4) is 6.07 Å². The molecule has 0 spiro atoms. The summed E-state index contributed by atoms with van der Waals surface area (Å²) >= 11 is 0. The number of hydrogen-bond donors (Lipinski definition) is 2. The van der Waals surface area contributed by atoms with Gasteiger partial charge in [-0.05, 0) is 48.6 Å². The first kappa shape index (κ1) is 20.8. The van der Waals surface area contributed by atoms with Crippen molar-refractivity contribution < 1.29 is 9.90 Å². The molecular weight excluding hydrogens is 390 g/mol. The van der Waals surface area contributed by atoms with Crippen molar-refractivity contribution in [2.24, 2.45) is 5.10 Å². The van der Waals surface area contributed by atoms with Gasteiger partial charge in [-0.25, -0.2) is 9.99 Å². The molecule has 31 heavy (non-hydrogen) atoms. The molecule has 158 valence electrons. The Bertz CT molecular complexity index is 1030. The van der Waals surface area contributed by atoms with Gasteiger partial charge in [-0.1, -0.05) is 31.1 Å². The number of amides is 1. The summed E-state index contributed by atoms with van der Waals surface area (Å²) < 4.78 is 0. The average Bonchev–Trinajstić information content (AvgIpc) is 2.81. The van der Waals surface area contributed by atoms with Crippen LogP contribution in [0.25, 0.3) is 0 Å². The quantitative estimate of drug-likeness (QED) is 0.780. The molecule has 0 unspecified atom stereocenters. The minimum atomic E-state index is -0.520. The van der Waals surface area contributed by atoms with E-state index in [4.69, 9.17) is 0 Å². The second-order valence-corrected chi connectivity index (χ2v) is 7.88. The van der Waals surface area contributed by atoms with Crippen LogP contribution in [0.3, 0.4) is 0 Å². The number of pyridine rings is 1. The second kappa shape index (κ2) is 9.54. The van der Waals surface area contributed by atoms with E-state index in [1.54, 1.807) is 6.07 Å². The van der Waals surface area contributed by atoms with Crippen LogP contribution in [-0.2, 0) is 6.42 Å². The van der Waals surface area contributed by atoms with E-state index in [1.807, 2.05) is 47.8 Å². The zero-order valence-corrected chi connectivity index (χ0v) is 17.2. The van der Waals surface area contributed by atoms with Crippen molar-refractivity contribution in [1.29, 1.82) is 5.26 Å². The van der Waals surface area contributed by atoms with Gasteiger partial charge in [0.05, 0.1) is 23.4 Å². The van der Waals surface area contributed by atoms with Crippen LogP contribution in [0.4, 0.5) is 5.69 Å². The molecule has 2 aliphatic rings. The molecule has 1 amide bonds. The normalized spacial score (nSPS) is 20.3. The lowest BCUT2D eigenvalue weighted by atomic mass is 9.92. The maximum Gasteiger partial charge on any atom is 0.270 e. The minimum absolute atomic E-state index is 0.249. The Balaban J connectivity index is 1.49. The lowest BCUT2D eigenvalue weighted by Gasteiger charge is -2.28. The lowest BCUT2D eigenvalue weighted by Crippen LogP contribution is -2.45. The summed E-state index contributed by atoms with van der Waals surface area (Å²) in [5.74, 6) is -0.318. The number of aliphatic hydroxyl groups excluding tert-OH is 1. The van der Waals surface area contributed by atoms with E-state index in [0.717, 1.165) is 42.5 Å². The number of hydrazone groups is 1. The number of aromatic nitrogens is 1. The average molecular weight is 415 g/mol. The molecule has 0 saturated heterocycles. The number of nitrogens with one attached hydrogen (secondary N) is 1. The largest absolute Gasteiger partial charge is 0.391 e. The molecule has 1 aliphatic heterocycles. The molecule has 7 nitrogen and oxygen atoms in total. The standard InChI is InChI=1S/C24H25N5O2/c25-15-19-16-26-22(24(31)28-21-5-1-2-6-23(21)30)14-18(19)13-17-7-9-20(10-8-17)29-12-4-3-11-27-29/h4,7-12,14,16,21,23,30H,1-3,5-6,13H2,(H,28,31)/t21-,23-/m0/s1. The van der Waals surface area contributed by atoms with Gasteiger partial charge < -0.3 is 10.4 Å². The van der Waals surface area contributed by atoms with Crippen LogP contribution in [0.15, 0.2) is 53.9 Å². The number of aliphatic hydroxyl groups is 1.